The standard InChI is InChI=1S/C60H78N16O13/c1-32(2)26-45(54(84)69-43(20-13-25-65-59(63)64-5)53(83)70-44(51(62)81)29-37-31-66-41-18-11-9-16-39(37)41)73-60(89)76-75-57(87)47(27-35-14-7-6-8-15-35)72-58(88)50(33(3)77)74-56(86)48(30-49(61)80)71-52(82)40-17-10-12-19-42(40)68-55(85)46(67-34(4)78)28-36-21-23-38(79)24-22-36/h6-12,14-19,21-24,31-33,43-48,50,66,77,79H,13,20,25-30H2,1-5H3,(H2,61,80)(H2,62,81)(H,67,78)(H,68,85)(H,69,84)(H,70,83)(H,71,82)(H,72,88)(H,74,86)(H,75,87)(H3,63,64,65)(H2,73,76,89)/t33-,43+,44+,45+,46-,47+,48+,50+/m1/s1. The number of aromatic nitrogens is 1. The van der Waals surface area contributed by atoms with E-state index in [2.05, 4.69) is 68.7 Å². The molecular weight excluding hydrogens is 1150 g/mol. The summed E-state index contributed by atoms with van der Waals surface area (Å²) in [6, 6.07) is 15.9. The number of carbonyl (C=O) groups excluding carboxylic acids is 11. The lowest BCUT2D eigenvalue weighted by atomic mass is 10.0. The maximum absolute atomic E-state index is 14.1. The van der Waals surface area contributed by atoms with Crippen molar-refractivity contribution in [2.75, 3.05) is 18.9 Å². The van der Waals surface area contributed by atoms with Crippen molar-refractivity contribution in [1.82, 2.24) is 58.4 Å². The smallest absolute Gasteiger partial charge is 0.334 e. The summed E-state index contributed by atoms with van der Waals surface area (Å²) in [6.07, 6.45) is -0.731. The summed E-state index contributed by atoms with van der Waals surface area (Å²) in [5.41, 5.74) is 23.8. The van der Waals surface area contributed by atoms with E-state index in [1.54, 1.807) is 62.5 Å². The molecule has 5 aromatic rings. The van der Waals surface area contributed by atoms with E-state index in [1.807, 2.05) is 24.3 Å². The second-order valence-electron chi connectivity index (χ2n) is 21.4. The third-order valence-electron chi connectivity index (χ3n) is 13.7. The normalized spacial score (nSPS) is 13.9. The minimum atomic E-state index is -1.87. The van der Waals surface area contributed by atoms with Crippen molar-refractivity contribution in [3.05, 3.63) is 132 Å². The number of phenolic OH excluding ortho intramolecular Hbond substituents is 1. The zero-order chi connectivity index (χ0) is 65.3. The number of nitrogens with zero attached hydrogens (tertiary/aromatic N) is 1. The molecule has 0 aliphatic heterocycles. The molecule has 0 radical (unpaired) electrons. The van der Waals surface area contributed by atoms with Crippen LogP contribution in [0.3, 0.4) is 0 Å². The second-order valence-corrected chi connectivity index (χ2v) is 21.4. The molecule has 0 aliphatic carbocycles. The molecule has 476 valence electrons. The number of hydrogen-bond acceptors (Lipinski definition) is 14. The van der Waals surface area contributed by atoms with Crippen molar-refractivity contribution in [2.45, 2.75) is 121 Å². The van der Waals surface area contributed by atoms with Gasteiger partial charge in [-0.05, 0) is 79.1 Å². The van der Waals surface area contributed by atoms with Gasteiger partial charge in [-0.1, -0.05) is 86.6 Å². The number of aromatic hydroxyl groups is 1. The summed E-state index contributed by atoms with van der Waals surface area (Å²) in [7, 11) is 1.48. The maximum atomic E-state index is 14.1. The topological polar surface area (TPSA) is 467 Å². The zero-order valence-electron chi connectivity index (χ0n) is 49.8. The molecule has 0 unspecified atom stereocenters. The predicted octanol–water partition coefficient (Wildman–Crippen LogP) is -1.12. The summed E-state index contributed by atoms with van der Waals surface area (Å²) < 4.78 is 0. The average molecular weight is 1230 g/mol. The third-order valence-corrected chi connectivity index (χ3v) is 13.7. The molecule has 4 aromatic carbocycles. The third kappa shape index (κ3) is 22.3. The van der Waals surface area contributed by atoms with Crippen LogP contribution < -0.4 is 75.9 Å². The summed E-state index contributed by atoms with van der Waals surface area (Å²) in [5.74, 6) is -9.21. The lowest BCUT2D eigenvalue weighted by Gasteiger charge is -2.27. The van der Waals surface area contributed by atoms with Gasteiger partial charge in [0.1, 0.15) is 48.0 Å². The summed E-state index contributed by atoms with van der Waals surface area (Å²) in [6.45, 7) is 6.12. The predicted molar refractivity (Wildman–Crippen MR) is 328 cm³/mol. The summed E-state index contributed by atoms with van der Waals surface area (Å²) >= 11 is 0. The number of aromatic amines is 1. The second kappa shape index (κ2) is 33.9. The number of urea groups is 1. The van der Waals surface area contributed by atoms with Crippen LogP contribution in [0.5, 0.6) is 5.75 Å². The Bertz CT molecular complexity index is 3340. The Morgan fingerprint density at radius 3 is 1.82 bits per heavy atom. The molecule has 5 rings (SSSR count). The van der Waals surface area contributed by atoms with Crippen LogP contribution in [0.1, 0.15) is 80.4 Å². The highest BCUT2D eigenvalue weighted by molar-refractivity contribution is 6.07. The molecule has 89 heavy (non-hydrogen) atoms. The number of rotatable bonds is 31. The van der Waals surface area contributed by atoms with Crippen molar-refractivity contribution < 1.29 is 63.0 Å². The molecule has 0 aliphatic rings. The van der Waals surface area contributed by atoms with Crippen LogP contribution in [0, 0.1) is 5.92 Å². The van der Waals surface area contributed by atoms with E-state index in [0.29, 0.717) is 16.7 Å². The highest BCUT2D eigenvalue weighted by Crippen LogP contribution is 2.21. The number of amides is 12. The quantitative estimate of drug-likeness (QED) is 0.0108. The van der Waals surface area contributed by atoms with Gasteiger partial charge in [0.15, 0.2) is 5.96 Å². The van der Waals surface area contributed by atoms with Gasteiger partial charge >= 0.3 is 6.03 Å². The number of carbonyl (C=O) groups is 11. The fourth-order valence-corrected chi connectivity index (χ4v) is 9.22. The van der Waals surface area contributed by atoms with Gasteiger partial charge in [0.05, 0.1) is 23.8 Å². The van der Waals surface area contributed by atoms with E-state index in [0.717, 1.165) is 17.8 Å². The first-order chi connectivity index (χ1) is 42.3. The molecule has 0 saturated heterocycles. The van der Waals surface area contributed by atoms with Gasteiger partial charge < -0.3 is 80.2 Å². The Kier molecular flexibility index (Phi) is 26.4. The van der Waals surface area contributed by atoms with Crippen molar-refractivity contribution in [2.24, 2.45) is 28.1 Å². The van der Waals surface area contributed by atoms with E-state index in [9.17, 15) is 63.0 Å². The Hall–Kier alpha value is -10.6. The van der Waals surface area contributed by atoms with Gasteiger partial charge in [-0.25, -0.2) is 10.2 Å². The van der Waals surface area contributed by atoms with Crippen LogP contribution in [0.25, 0.3) is 10.9 Å². The van der Waals surface area contributed by atoms with Crippen LogP contribution in [0.2, 0.25) is 0 Å². The van der Waals surface area contributed by atoms with Gasteiger partial charge in [-0.2, -0.15) is 0 Å². The molecule has 0 saturated carbocycles. The fraction of sp³-hybridized carbons (Fsp3) is 0.367. The lowest BCUT2D eigenvalue weighted by Crippen LogP contribution is -2.62. The number of aliphatic hydroxyl groups is 1. The Labute approximate surface area is 512 Å². The number of aliphatic hydroxyl groups excluding tert-OH is 1. The first kappa shape index (κ1) is 69.2. The zero-order valence-corrected chi connectivity index (χ0v) is 49.8. The number of nitrogens with two attached hydrogens (primary N) is 3. The molecule has 20 N–H and O–H groups in total. The van der Waals surface area contributed by atoms with Crippen molar-refractivity contribution >= 4 is 87.7 Å². The molecule has 12 amide bonds. The minimum absolute atomic E-state index is 0.0109. The minimum Gasteiger partial charge on any atom is -0.508 e. The number of hydrazine groups is 1. The number of phenols is 1. The van der Waals surface area contributed by atoms with E-state index in [4.69, 9.17) is 17.2 Å². The van der Waals surface area contributed by atoms with Crippen LogP contribution in [-0.2, 0) is 62.4 Å². The SMILES string of the molecule is CN=C(N)NCCC[C@H](NC(=O)[C@H](CC(C)C)NC(=O)NNC(=O)[C@H](Cc1ccccc1)NC(=O)[C@@H](NC(=O)[C@H](CC(N)=O)NC(=O)c1ccccc1NC(=O)[C@@H](Cc1ccc(O)cc1)NC(C)=O)[C@@H](C)O)C(=O)N[C@@H](Cc1c[nH]c2ccccc12)C(N)=O. The van der Waals surface area contributed by atoms with Gasteiger partial charge in [0, 0.05) is 56.9 Å². The number of aliphatic imine (C=N–C) groups is 1. The number of H-pyrrole nitrogens is 1. The Morgan fingerprint density at radius 1 is 0.584 bits per heavy atom. The number of fused-ring (bicyclic) bond motifs is 1. The van der Waals surface area contributed by atoms with Gasteiger partial charge in [0.2, 0.25) is 47.3 Å². The summed E-state index contributed by atoms with van der Waals surface area (Å²) in [4.78, 5) is 156. The van der Waals surface area contributed by atoms with Crippen LogP contribution >= 0.6 is 0 Å². The largest absolute Gasteiger partial charge is 0.508 e. The Balaban J connectivity index is 1.28. The number of primary amides is 2. The summed E-state index contributed by atoms with van der Waals surface area (Å²) in [5, 5.41) is 44.5. The number of nitrogens with one attached hydrogen (secondary N) is 12. The van der Waals surface area contributed by atoms with Crippen molar-refractivity contribution in [3.8, 4) is 5.75 Å². The fourth-order valence-electron chi connectivity index (χ4n) is 9.22. The van der Waals surface area contributed by atoms with E-state index < -0.39 is 120 Å². The first-order valence-corrected chi connectivity index (χ1v) is 28.5. The first-order valence-electron chi connectivity index (χ1n) is 28.5. The van der Waals surface area contributed by atoms with Crippen molar-refractivity contribution in [1.29, 1.82) is 0 Å². The van der Waals surface area contributed by atoms with E-state index >= 15 is 0 Å². The average Bonchev–Trinajstić information content (AvgIpc) is 2.37. The molecule has 0 bridgehead atoms. The highest BCUT2D eigenvalue weighted by Gasteiger charge is 2.35. The number of hydrogen-bond donors (Lipinski definition) is 17. The van der Waals surface area contributed by atoms with Gasteiger partial charge in [-0.3, -0.25) is 58.4 Å². The van der Waals surface area contributed by atoms with Gasteiger partial charge in [-0.15, -0.1) is 0 Å². The van der Waals surface area contributed by atoms with Crippen LogP contribution in [-0.4, -0.2) is 148 Å². The molecule has 1 heterocycles. The number of guanidine groups is 1. The lowest BCUT2D eigenvalue weighted by molar-refractivity contribution is -0.135. The molecule has 0 spiro atoms. The highest BCUT2D eigenvalue weighted by atomic mass is 16.3. The van der Waals surface area contributed by atoms with E-state index in [-0.39, 0.29) is 73.9 Å². The molecule has 1 aromatic heterocycles. The number of anilines is 1. The van der Waals surface area contributed by atoms with E-state index in [1.165, 1.54) is 50.4 Å². The maximum Gasteiger partial charge on any atom is 0.334 e. The number of benzene rings is 4. The number of para-hydroxylation sites is 2. The van der Waals surface area contributed by atoms with Crippen LogP contribution in [0.15, 0.2) is 114 Å². The monoisotopic (exact) mass is 1230 g/mol. The Morgan fingerprint density at radius 2 is 1.18 bits per heavy atom. The molecule has 29 heteroatoms. The van der Waals surface area contributed by atoms with Crippen LogP contribution in [0.4, 0.5) is 10.5 Å². The van der Waals surface area contributed by atoms with Gasteiger partial charge in [0.25, 0.3) is 11.8 Å². The van der Waals surface area contributed by atoms with Crippen molar-refractivity contribution in [3.63, 3.8) is 0 Å². The molecule has 29 nitrogen and oxygen atoms in total. The molecule has 8 atom stereocenters. The molecule has 0 fully saturated rings. The molecular formula is C60H78N16O13.